The van der Waals surface area contributed by atoms with Gasteiger partial charge in [-0.2, -0.15) is 0 Å². The molecule has 5 heteroatoms. The van der Waals surface area contributed by atoms with Crippen LogP contribution in [0.3, 0.4) is 0 Å². The lowest BCUT2D eigenvalue weighted by Gasteiger charge is -2.23. The molecule has 0 saturated heterocycles. The fraction of sp³-hybridized carbons (Fsp3) is 0.533. The van der Waals surface area contributed by atoms with Gasteiger partial charge < -0.3 is 11.1 Å². The van der Waals surface area contributed by atoms with Crippen molar-refractivity contribution in [3.8, 4) is 0 Å². The Hall–Kier alpha value is -0.940. The molecular formula is C15H22BrFN2O. The maximum Gasteiger partial charge on any atom is 0.224 e. The van der Waals surface area contributed by atoms with Crippen LogP contribution in [-0.4, -0.2) is 12.5 Å². The highest BCUT2D eigenvalue weighted by Crippen LogP contribution is 2.27. The molecule has 1 rings (SSSR count). The summed E-state index contributed by atoms with van der Waals surface area (Å²) in [4.78, 5) is 11.9. The number of carbonyl (C=O) groups excluding carboxylic acids is 1. The first-order chi connectivity index (χ1) is 9.25. The molecule has 0 aromatic heterocycles. The van der Waals surface area contributed by atoms with E-state index in [9.17, 15) is 9.18 Å². The molecule has 0 radical (unpaired) electrons. The summed E-state index contributed by atoms with van der Waals surface area (Å²) < 4.78 is 13.9. The molecule has 0 fully saturated rings. The maximum absolute atomic E-state index is 13.5. The van der Waals surface area contributed by atoms with Gasteiger partial charge in [0.1, 0.15) is 5.82 Å². The van der Waals surface area contributed by atoms with Gasteiger partial charge in [-0.3, -0.25) is 4.79 Å². The zero-order valence-corrected chi connectivity index (χ0v) is 13.8. The van der Waals surface area contributed by atoms with E-state index in [4.69, 9.17) is 5.73 Å². The lowest BCUT2D eigenvalue weighted by atomic mass is 9.84. The fourth-order valence-electron chi connectivity index (χ4n) is 1.96. The number of hydrogen-bond donors (Lipinski definition) is 2. The van der Waals surface area contributed by atoms with Crippen molar-refractivity contribution in [1.29, 1.82) is 0 Å². The molecule has 3 N–H and O–H groups in total. The van der Waals surface area contributed by atoms with E-state index in [1.807, 2.05) is 6.92 Å². The van der Waals surface area contributed by atoms with Gasteiger partial charge in [0.25, 0.3) is 0 Å². The third-order valence-electron chi connectivity index (χ3n) is 3.39. The van der Waals surface area contributed by atoms with Gasteiger partial charge in [-0.15, -0.1) is 0 Å². The molecule has 0 aliphatic rings. The number of carbonyl (C=O) groups is 1. The van der Waals surface area contributed by atoms with Gasteiger partial charge in [0.2, 0.25) is 5.91 Å². The van der Waals surface area contributed by atoms with Crippen molar-refractivity contribution < 1.29 is 9.18 Å². The average molecular weight is 345 g/mol. The van der Waals surface area contributed by atoms with Crippen LogP contribution in [0, 0.1) is 18.2 Å². The number of amides is 1. The lowest BCUT2D eigenvalue weighted by Crippen LogP contribution is -2.21. The number of hydrogen-bond acceptors (Lipinski definition) is 2. The zero-order chi connectivity index (χ0) is 15.3. The summed E-state index contributed by atoms with van der Waals surface area (Å²) in [6.07, 6.45) is 2.05. The first-order valence-electron chi connectivity index (χ1n) is 6.71. The van der Waals surface area contributed by atoms with Gasteiger partial charge >= 0.3 is 0 Å². The predicted octanol–water partition coefficient (Wildman–Crippen LogP) is 3.99. The van der Waals surface area contributed by atoms with Gasteiger partial charge in [-0.05, 0) is 65.4 Å². The Morgan fingerprint density at radius 3 is 2.65 bits per heavy atom. The van der Waals surface area contributed by atoms with Crippen LogP contribution in [0.4, 0.5) is 10.1 Å². The van der Waals surface area contributed by atoms with Crippen LogP contribution < -0.4 is 11.1 Å². The quantitative estimate of drug-likeness (QED) is 0.819. The highest BCUT2D eigenvalue weighted by Gasteiger charge is 2.18. The topological polar surface area (TPSA) is 55.1 Å². The molecular weight excluding hydrogens is 323 g/mol. The number of benzene rings is 1. The Bertz CT molecular complexity index is 489. The van der Waals surface area contributed by atoms with Crippen LogP contribution in [0.2, 0.25) is 0 Å². The summed E-state index contributed by atoms with van der Waals surface area (Å²) in [7, 11) is 0. The van der Waals surface area contributed by atoms with Crippen LogP contribution in [0.1, 0.15) is 38.7 Å². The zero-order valence-electron chi connectivity index (χ0n) is 12.2. The van der Waals surface area contributed by atoms with Gasteiger partial charge in [-0.1, -0.05) is 13.8 Å². The van der Waals surface area contributed by atoms with Crippen LogP contribution in [0.25, 0.3) is 0 Å². The highest BCUT2D eigenvalue weighted by molar-refractivity contribution is 9.10. The molecule has 0 unspecified atom stereocenters. The normalized spacial score (nSPS) is 11.5. The first-order valence-corrected chi connectivity index (χ1v) is 7.50. The van der Waals surface area contributed by atoms with E-state index in [1.165, 1.54) is 6.07 Å². The monoisotopic (exact) mass is 344 g/mol. The Morgan fingerprint density at radius 1 is 1.40 bits per heavy atom. The van der Waals surface area contributed by atoms with E-state index < -0.39 is 0 Å². The van der Waals surface area contributed by atoms with Crippen LogP contribution >= 0.6 is 15.9 Å². The second kappa shape index (κ2) is 7.18. The molecule has 0 aliphatic heterocycles. The lowest BCUT2D eigenvalue weighted by molar-refractivity contribution is -0.116. The molecule has 0 bridgehead atoms. The van der Waals surface area contributed by atoms with Crippen molar-refractivity contribution in [2.45, 2.75) is 40.0 Å². The third-order valence-corrected chi connectivity index (χ3v) is 4.00. The molecule has 0 spiro atoms. The Balaban J connectivity index is 2.61. The minimum absolute atomic E-state index is 0.0477. The van der Waals surface area contributed by atoms with Crippen LogP contribution in [0.15, 0.2) is 16.6 Å². The summed E-state index contributed by atoms with van der Waals surface area (Å²) in [5, 5.41) is 2.76. The molecule has 3 nitrogen and oxygen atoms in total. The largest absolute Gasteiger partial charge is 0.330 e. The van der Waals surface area contributed by atoms with Crippen molar-refractivity contribution >= 4 is 27.5 Å². The first kappa shape index (κ1) is 17.1. The second-order valence-corrected chi connectivity index (χ2v) is 6.69. The minimum atomic E-state index is -0.380. The molecule has 1 aromatic rings. The van der Waals surface area contributed by atoms with Gasteiger partial charge in [0.05, 0.1) is 4.47 Å². The van der Waals surface area contributed by atoms with E-state index in [2.05, 4.69) is 35.1 Å². The summed E-state index contributed by atoms with van der Waals surface area (Å²) >= 11 is 3.12. The summed E-state index contributed by atoms with van der Waals surface area (Å²) in [6.45, 7) is 6.64. The summed E-state index contributed by atoms with van der Waals surface area (Å²) in [5.41, 5.74) is 6.94. The van der Waals surface area contributed by atoms with E-state index in [1.54, 1.807) is 6.07 Å². The molecule has 0 aliphatic carbocycles. The van der Waals surface area contributed by atoms with Gasteiger partial charge in [0.15, 0.2) is 0 Å². The predicted molar refractivity (Wildman–Crippen MR) is 84.2 cm³/mol. The second-order valence-electron chi connectivity index (χ2n) is 5.83. The molecule has 112 valence electrons. The van der Waals surface area contributed by atoms with Gasteiger partial charge in [-0.25, -0.2) is 4.39 Å². The summed E-state index contributed by atoms with van der Waals surface area (Å²) in [5.74, 6) is -0.478. The van der Waals surface area contributed by atoms with Crippen LogP contribution in [-0.2, 0) is 4.79 Å². The van der Waals surface area contributed by atoms with Gasteiger partial charge in [0, 0.05) is 12.1 Å². The number of anilines is 1. The van der Waals surface area contributed by atoms with Crippen molar-refractivity contribution in [2.24, 2.45) is 11.1 Å². The number of aryl methyl sites for hydroxylation is 1. The SMILES string of the molecule is Cc1cc(Br)c(F)cc1NC(=O)CCC(C)(C)CCN. The molecule has 1 amide bonds. The molecule has 0 saturated carbocycles. The Kier molecular flexibility index (Phi) is 6.14. The van der Waals surface area contributed by atoms with E-state index in [0.717, 1.165) is 18.4 Å². The number of nitrogens with one attached hydrogen (secondary N) is 1. The molecule has 0 atom stereocenters. The maximum atomic E-state index is 13.5. The minimum Gasteiger partial charge on any atom is -0.330 e. The Morgan fingerprint density at radius 2 is 2.05 bits per heavy atom. The number of halogens is 2. The van der Waals surface area contributed by atoms with E-state index >= 15 is 0 Å². The van der Waals surface area contributed by atoms with Crippen molar-refractivity contribution in [3.05, 3.63) is 28.0 Å². The van der Waals surface area contributed by atoms with Crippen molar-refractivity contribution in [2.75, 3.05) is 11.9 Å². The fourth-order valence-corrected chi connectivity index (χ4v) is 2.42. The van der Waals surface area contributed by atoms with E-state index in [0.29, 0.717) is 23.1 Å². The average Bonchev–Trinajstić information content (AvgIpc) is 2.34. The standard InChI is InChI=1S/C15H22BrFN2O/c1-10-8-11(16)12(17)9-13(10)19-14(20)4-5-15(2,3)6-7-18/h8-9H,4-7,18H2,1-3H3,(H,19,20). The van der Waals surface area contributed by atoms with Crippen molar-refractivity contribution in [1.82, 2.24) is 0 Å². The van der Waals surface area contributed by atoms with Crippen molar-refractivity contribution in [3.63, 3.8) is 0 Å². The Labute approximate surface area is 128 Å². The third kappa shape index (κ3) is 5.21. The smallest absolute Gasteiger partial charge is 0.224 e. The molecule has 20 heavy (non-hydrogen) atoms. The molecule has 0 heterocycles. The number of nitrogens with two attached hydrogens (primary N) is 1. The van der Waals surface area contributed by atoms with Crippen LogP contribution in [0.5, 0.6) is 0 Å². The number of rotatable bonds is 6. The molecule has 1 aromatic carbocycles. The highest BCUT2D eigenvalue weighted by atomic mass is 79.9. The summed E-state index contributed by atoms with van der Waals surface area (Å²) in [6, 6.07) is 2.99. The van der Waals surface area contributed by atoms with E-state index in [-0.39, 0.29) is 17.1 Å².